The highest BCUT2D eigenvalue weighted by molar-refractivity contribution is 5.83. The highest BCUT2D eigenvalue weighted by Crippen LogP contribution is 2.30. The van der Waals surface area contributed by atoms with Crippen LogP contribution in [-0.4, -0.2) is 20.3 Å². The van der Waals surface area contributed by atoms with Gasteiger partial charge in [-0.15, -0.1) is 0 Å². The zero-order chi connectivity index (χ0) is 19.0. The predicted octanol–water partition coefficient (Wildman–Crippen LogP) is 2.40. The van der Waals surface area contributed by atoms with Crippen LogP contribution < -0.4 is 20.0 Å². The van der Waals surface area contributed by atoms with Crippen LogP contribution in [0.5, 0.6) is 11.5 Å². The Hall–Kier alpha value is -2.79. The van der Waals surface area contributed by atoms with Gasteiger partial charge in [0.2, 0.25) is 0 Å². The fourth-order valence-corrected chi connectivity index (χ4v) is 3.60. The summed E-state index contributed by atoms with van der Waals surface area (Å²) >= 11 is 0. The molecular formula is C22H24NO4+. The fraction of sp³-hybridized carbons (Fsp3) is 0.318. The molecule has 140 valence electrons. The molecule has 1 aliphatic heterocycles. The van der Waals surface area contributed by atoms with Crippen LogP contribution in [0.15, 0.2) is 45.6 Å². The van der Waals surface area contributed by atoms with Crippen LogP contribution in [0.2, 0.25) is 0 Å². The molecule has 4 rings (SSSR count). The normalized spacial score (nSPS) is 14.3. The van der Waals surface area contributed by atoms with Crippen LogP contribution in [0.3, 0.4) is 0 Å². The number of rotatable bonds is 4. The topological polar surface area (TPSA) is 53.1 Å². The molecule has 0 amide bonds. The first-order chi connectivity index (χ1) is 13.0. The van der Waals surface area contributed by atoms with Crippen LogP contribution in [-0.2, 0) is 13.1 Å². The van der Waals surface area contributed by atoms with E-state index in [0.29, 0.717) is 18.8 Å². The van der Waals surface area contributed by atoms with Crippen LogP contribution >= 0.6 is 0 Å². The van der Waals surface area contributed by atoms with Gasteiger partial charge in [-0.05, 0) is 43.2 Å². The first-order valence-corrected chi connectivity index (χ1v) is 9.24. The number of hydrogen-bond acceptors (Lipinski definition) is 4. The summed E-state index contributed by atoms with van der Waals surface area (Å²) in [4.78, 5) is 13.3. The molecule has 1 N–H and O–H groups in total. The standard InChI is InChI=1S/C22H23NO4/c1-14-4-6-18-17(11-21(24)27-22(18)15(14)2)13-23(3)12-16-5-7-19-20(10-16)26-9-8-25-19/h4-7,10-11H,8-9,12-13H2,1-3H3/p+1. The van der Waals surface area contributed by atoms with E-state index >= 15 is 0 Å². The summed E-state index contributed by atoms with van der Waals surface area (Å²) in [6.45, 7) is 6.77. The zero-order valence-corrected chi connectivity index (χ0v) is 15.9. The molecule has 2 aromatic carbocycles. The third-order valence-electron chi connectivity index (χ3n) is 5.12. The number of aryl methyl sites for hydroxylation is 2. The van der Waals surface area contributed by atoms with Crippen molar-refractivity contribution in [3.8, 4) is 11.5 Å². The van der Waals surface area contributed by atoms with Crippen LogP contribution in [0.25, 0.3) is 11.0 Å². The molecule has 1 aliphatic rings. The Morgan fingerprint density at radius 3 is 2.56 bits per heavy atom. The second-order valence-electron chi connectivity index (χ2n) is 7.26. The van der Waals surface area contributed by atoms with E-state index in [1.165, 1.54) is 10.5 Å². The molecule has 0 aliphatic carbocycles. The van der Waals surface area contributed by atoms with Gasteiger partial charge in [0.1, 0.15) is 31.9 Å². The summed E-state index contributed by atoms with van der Waals surface area (Å²) in [6.07, 6.45) is 0. The first kappa shape index (κ1) is 17.6. The summed E-state index contributed by atoms with van der Waals surface area (Å²) in [7, 11) is 2.12. The van der Waals surface area contributed by atoms with Gasteiger partial charge in [0.15, 0.2) is 11.5 Å². The molecule has 2 heterocycles. The monoisotopic (exact) mass is 366 g/mol. The lowest BCUT2D eigenvalue weighted by Crippen LogP contribution is -3.06. The number of nitrogens with one attached hydrogen (secondary N) is 1. The molecule has 1 aromatic heterocycles. The van der Waals surface area contributed by atoms with Gasteiger partial charge >= 0.3 is 5.63 Å². The third kappa shape index (κ3) is 3.55. The van der Waals surface area contributed by atoms with Gasteiger partial charge in [-0.3, -0.25) is 0 Å². The number of fused-ring (bicyclic) bond motifs is 2. The fourth-order valence-electron chi connectivity index (χ4n) is 3.60. The molecular weight excluding hydrogens is 342 g/mol. The molecule has 0 radical (unpaired) electrons. The summed E-state index contributed by atoms with van der Waals surface area (Å²) in [5, 5.41) is 1.01. The van der Waals surface area contributed by atoms with Gasteiger partial charge in [0.25, 0.3) is 0 Å². The van der Waals surface area contributed by atoms with E-state index in [1.54, 1.807) is 6.07 Å². The first-order valence-electron chi connectivity index (χ1n) is 9.24. The van der Waals surface area contributed by atoms with E-state index in [-0.39, 0.29) is 5.63 Å². The molecule has 1 atom stereocenters. The van der Waals surface area contributed by atoms with E-state index < -0.39 is 0 Å². The highest BCUT2D eigenvalue weighted by atomic mass is 16.6. The molecule has 5 nitrogen and oxygen atoms in total. The molecule has 3 aromatic rings. The molecule has 1 unspecified atom stereocenters. The summed E-state index contributed by atoms with van der Waals surface area (Å²) in [5.74, 6) is 1.61. The quantitative estimate of drug-likeness (QED) is 0.721. The van der Waals surface area contributed by atoms with Gasteiger partial charge in [-0.25, -0.2) is 4.79 Å². The molecule has 0 bridgehead atoms. The number of quaternary nitrogens is 1. The minimum atomic E-state index is -0.293. The number of benzene rings is 2. The molecule has 0 saturated heterocycles. The van der Waals surface area contributed by atoms with E-state index in [2.05, 4.69) is 19.2 Å². The molecule has 0 spiro atoms. The van der Waals surface area contributed by atoms with Gasteiger partial charge in [-0.2, -0.15) is 0 Å². The van der Waals surface area contributed by atoms with Crippen molar-refractivity contribution in [3.05, 3.63) is 69.1 Å². The minimum absolute atomic E-state index is 0.293. The summed E-state index contributed by atoms with van der Waals surface area (Å²) in [5.41, 5.74) is 4.74. The average molecular weight is 366 g/mol. The lowest BCUT2D eigenvalue weighted by molar-refractivity contribution is -0.907. The van der Waals surface area contributed by atoms with Gasteiger partial charge in [-0.1, -0.05) is 12.1 Å². The molecule has 5 heteroatoms. The Morgan fingerprint density at radius 2 is 1.74 bits per heavy atom. The maximum atomic E-state index is 12.1. The van der Waals surface area contributed by atoms with Crippen LogP contribution in [0.1, 0.15) is 22.3 Å². The largest absolute Gasteiger partial charge is 0.486 e. The number of hydrogen-bond donors (Lipinski definition) is 1. The Morgan fingerprint density at radius 1 is 0.963 bits per heavy atom. The van der Waals surface area contributed by atoms with Crippen molar-refractivity contribution < 1.29 is 18.8 Å². The molecule has 27 heavy (non-hydrogen) atoms. The Kier molecular flexibility index (Phi) is 4.62. The van der Waals surface area contributed by atoms with Crippen LogP contribution in [0.4, 0.5) is 0 Å². The number of ether oxygens (including phenoxy) is 2. The van der Waals surface area contributed by atoms with Crippen molar-refractivity contribution in [1.29, 1.82) is 0 Å². The third-order valence-corrected chi connectivity index (χ3v) is 5.12. The second-order valence-corrected chi connectivity index (χ2v) is 7.26. The van der Waals surface area contributed by atoms with Crippen molar-refractivity contribution in [2.75, 3.05) is 20.3 Å². The van der Waals surface area contributed by atoms with Crippen molar-refractivity contribution in [2.24, 2.45) is 0 Å². The zero-order valence-electron chi connectivity index (χ0n) is 15.9. The molecule has 0 fully saturated rings. The van der Waals surface area contributed by atoms with E-state index in [1.807, 2.05) is 32.0 Å². The Bertz CT molecular complexity index is 1050. The van der Waals surface area contributed by atoms with Crippen LogP contribution in [0, 0.1) is 13.8 Å². The maximum absolute atomic E-state index is 12.1. The lowest BCUT2D eigenvalue weighted by Gasteiger charge is -2.20. The van der Waals surface area contributed by atoms with Gasteiger partial charge < -0.3 is 18.8 Å². The highest BCUT2D eigenvalue weighted by Gasteiger charge is 2.16. The average Bonchev–Trinajstić information content (AvgIpc) is 2.65. The molecule has 0 saturated carbocycles. The second kappa shape index (κ2) is 7.08. The van der Waals surface area contributed by atoms with Crippen molar-refractivity contribution in [3.63, 3.8) is 0 Å². The minimum Gasteiger partial charge on any atom is -0.486 e. The van der Waals surface area contributed by atoms with Gasteiger partial charge in [0.05, 0.1) is 7.05 Å². The Balaban J connectivity index is 1.59. The van der Waals surface area contributed by atoms with E-state index in [9.17, 15) is 4.79 Å². The summed E-state index contributed by atoms with van der Waals surface area (Å²) in [6, 6.07) is 11.8. The SMILES string of the molecule is Cc1ccc2c(C[NH+](C)Cc3ccc4c(c3)OCCO4)cc(=O)oc2c1C. The maximum Gasteiger partial charge on any atom is 0.336 e. The smallest absolute Gasteiger partial charge is 0.336 e. The van der Waals surface area contributed by atoms with Gasteiger partial charge in [0, 0.05) is 22.6 Å². The van der Waals surface area contributed by atoms with Crippen molar-refractivity contribution in [1.82, 2.24) is 0 Å². The van der Waals surface area contributed by atoms with E-state index in [0.717, 1.165) is 46.7 Å². The summed E-state index contributed by atoms with van der Waals surface area (Å²) < 4.78 is 16.7. The van der Waals surface area contributed by atoms with Crippen molar-refractivity contribution in [2.45, 2.75) is 26.9 Å². The lowest BCUT2D eigenvalue weighted by atomic mass is 10.0. The Labute approximate surface area is 158 Å². The van der Waals surface area contributed by atoms with E-state index in [4.69, 9.17) is 13.9 Å². The predicted molar refractivity (Wildman–Crippen MR) is 104 cm³/mol. The van der Waals surface area contributed by atoms with Crippen molar-refractivity contribution >= 4 is 11.0 Å².